The number of carboxylic acids is 1. The van der Waals surface area contributed by atoms with Crippen molar-refractivity contribution in [3.63, 3.8) is 0 Å². The van der Waals surface area contributed by atoms with Crippen molar-refractivity contribution < 1.29 is 23.1 Å². The molecule has 0 aliphatic carbocycles. The van der Waals surface area contributed by atoms with Crippen molar-refractivity contribution in [3.8, 4) is 0 Å². The summed E-state index contributed by atoms with van der Waals surface area (Å²) in [7, 11) is 0. The lowest BCUT2D eigenvalue weighted by Gasteiger charge is -2.37. The fourth-order valence-corrected chi connectivity index (χ4v) is 4.13. The fourth-order valence-electron chi connectivity index (χ4n) is 4.01. The van der Waals surface area contributed by atoms with Crippen LogP contribution in [0, 0.1) is 26.7 Å². The van der Waals surface area contributed by atoms with Crippen LogP contribution in [0.15, 0.2) is 30.3 Å². The summed E-state index contributed by atoms with van der Waals surface area (Å²) < 4.78 is 41.8. The van der Waals surface area contributed by atoms with Crippen LogP contribution in [0.4, 0.5) is 13.2 Å². The number of likely N-dealkylation sites (tertiary alicyclic amines) is 1. The quantitative estimate of drug-likeness (QED) is 0.630. The molecule has 0 aromatic heterocycles. The molecule has 1 aliphatic heterocycles. The average molecular weight is 440 g/mol. The molecule has 7 heteroatoms. The van der Waals surface area contributed by atoms with Crippen molar-refractivity contribution in [1.29, 1.82) is 0 Å². The van der Waals surface area contributed by atoms with Crippen LogP contribution in [0.25, 0.3) is 0 Å². The third kappa shape index (κ3) is 4.81. The molecule has 0 saturated carbocycles. The number of rotatable bonds is 6. The minimum Gasteiger partial charge on any atom is -0.481 e. The van der Waals surface area contributed by atoms with E-state index in [0.29, 0.717) is 35.8 Å². The van der Waals surface area contributed by atoms with Gasteiger partial charge in [-0.2, -0.15) is 13.2 Å². The number of halogens is 4. The van der Waals surface area contributed by atoms with Crippen LogP contribution in [-0.2, 0) is 17.8 Å². The van der Waals surface area contributed by atoms with Crippen molar-refractivity contribution in [2.75, 3.05) is 13.1 Å². The Kier molecular flexibility index (Phi) is 6.48. The first-order chi connectivity index (χ1) is 14.0. The molecular formula is C23H25ClF3NO2. The summed E-state index contributed by atoms with van der Waals surface area (Å²) in [6.07, 6.45) is -4.54. The summed E-state index contributed by atoms with van der Waals surface area (Å²) in [5.74, 6) is -2.79. The highest BCUT2D eigenvalue weighted by atomic mass is 35.5. The Labute approximate surface area is 179 Å². The maximum absolute atomic E-state index is 13.9. The number of aliphatic carboxylic acids is 1. The SMILES string of the molecule is Cc1cc([C@H](Cc2ccc(C)c(CN3CC(C(=O)O)C3)c2C)C(F)(F)F)ccc1Cl. The molecule has 0 spiro atoms. The zero-order chi connectivity index (χ0) is 22.2. The second-order valence-electron chi connectivity index (χ2n) is 8.18. The third-order valence-corrected chi connectivity index (χ3v) is 6.46. The average Bonchev–Trinajstić information content (AvgIpc) is 2.60. The van der Waals surface area contributed by atoms with Crippen LogP contribution in [0.1, 0.15) is 39.3 Å². The van der Waals surface area contributed by atoms with Gasteiger partial charge in [0.05, 0.1) is 11.8 Å². The van der Waals surface area contributed by atoms with E-state index in [4.69, 9.17) is 16.7 Å². The molecule has 1 N–H and O–H groups in total. The largest absolute Gasteiger partial charge is 0.481 e. The minimum atomic E-state index is -4.38. The highest BCUT2D eigenvalue weighted by Crippen LogP contribution is 2.39. The second-order valence-corrected chi connectivity index (χ2v) is 8.59. The van der Waals surface area contributed by atoms with Gasteiger partial charge in [-0.3, -0.25) is 9.69 Å². The molecule has 2 aromatic rings. The Morgan fingerprint density at radius 1 is 1.17 bits per heavy atom. The molecule has 2 aromatic carbocycles. The van der Waals surface area contributed by atoms with E-state index in [-0.39, 0.29) is 17.9 Å². The molecule has 1 atom stereocenters. The van der Waals surface area contributed by atoms with Crippen LogP contribution in [0.3, 0.4) is 0 Å². The maximum atomic E-state index is 13.9. The first kappa shape index (κ1) is 22.6. The molecule has 3 nitrogen and oxygen atoms in total. The summed E-state index contributed by atoms with van der Waals surface area (Å²) in [6.45, 7) is 6.97. The second kappa shape index (κ2) is 8.60. The van der Waals surface area contributed by atoms with Crippen molar-refractivity contribution >= 4 is 17.6 Å². The molecule has 0 unspecified atom stereocenters. The lowest BCUT2D eigenvalue weighted by molar-refractivity contribution is -0.150. The van der Waals surface area contributed by atoms with Gasteiger partial charge in [-0.05, 0) is 66.6 Å². The molecule has 3 rings (SSSR count). The van der Waals surface area contributed by atoms with Gasteiger partial charge in [0.2, 0.25) is 0 Å². The lowest BCUT2D eigenvalue weighted by atomic mass is 9.86. The summed E-state index contributed by atoms with van der Waals surface area (Å²) in [6, 6.07) is 8.10. The Balaban J connectivity index is 1.87. The predicted octanol–water partition coefficient (Wildman–Crippen LogP) is 5.67. The van der Waals surface area contributed by atoms with Crippen LogP contribution < -0.4 is 0 Å². The van der Waals surface area contributed by atoms with Crippen LogP contribution in [0.2, 0.25) is 5.02 Å². The number of benzene rings is 2. The fraction of sp³-hybridized carbons (Fsp3) is 0.435. The van der Waals surface area contributed by atoms with Crippen molar-refractivity contribution in [1.82, 2.24) is 4.90 Å². The van der Waals surface area contributed by atoms with Gasteiger partial charge in [0.15, 0.2) is 0 Å². The summed E-state index contributed by atoms with van der Waals surface area (Å²) in [5.41, 5.74) is 4.30. The van der Waals surface area contributed by atoms with E-state index in [1.54, 1.807) is 13.0 Å². The van der Waals surface area contributed by atoms with E-state index in [0.717, 1.165) is 16.7 Å². The lowest BCUT2D eigenvalue weighted by Crippen LogP contribution is -2.49. The van der Waals surface area contributed by atoms with Gasteiger partial charge in [-0.25, -0.2) is 0 Å². The smallest absolute Gasteiger partial charge is 0.396 e. The van der Waals surface area contributed by atoms with Gasteiger partial charge in [-0.15, -0.1) is 0 Å². The highest BCUT2D eigenvalue weighted by molar-refractivity contribution is 6.31. The molecule has 1 saturated heterocycles. The molecule has 1 fully saturated rings. The normalized spacial score (nSPS) is 16.4. The van der Waals surface area contributed by atoms with Gasteiger partial charge >= 0.3 is 12.1 Å². The number of hydrogen-bond acceptors (Lipinski definition) is 2. The number of aryl methyl sites for hydroxylation is 2. The van der Waals surface area contributed by atoms with Crippen molar-refractivity contribution in [2.45, 2.75) is 45.8 Å². The summed E-state index contributed by atoms with van der Waals surface area (Å²) in [5, 5.41) is 9.50. The molecule has 0 bridgehead atoms. The molecule has 0 amide bonds. The van der Waals surface area contributed by atoms with E-state index >= 15 is 0 Å². The maximum Gasteiger partial charge on any atom is 0.396 e. The monoisotopic (exact) mass is 439 g/mol. The van der Waals surface area contributed by atoms with Crippen molar-refractivity contribution in [2.24, 2.45) is 5.92 Å². The molecule has 162 valence electrons. The predicted molar refractivity (Wildman–Crippen MR) is 111 cm³/mol. The van der Waals surface area contributed by atoms with E-state index in [1.165, 1.54) is 18.2 Å². The molecule has 1 heterocycles. The number of alkyl halides is 3. The van der Waals surface area contributed by atoms with E-state index in [1.807, 2.05) is 24.8 Å². The summed E-state index contributed by atoms with van der Waals surface area (Å²) >= 11 is 6.00. The van der Waals surface area contributed by atoms with Crippen LogP contribution in [-0.4, -0.2) is 35.2 Å². The highest BCUT2D eigenvalue weighted by Gasteiger charge is 2.41. The topological polar surface area (TPSA) is 40.5 Å². The number of carboxylic acid groups (broad SMARTS) is 1. The zero-order valence-electron chi connectivity index (χ0n) is 17.2. The Hall–Kier alpha value is -2.05. The molecule has 30 heavy (non-hydrogen) atoms. The van der Waals surface area contributed by atoms with Crippen LogP contribution >= 0.6 is 11.6 Å². The van der Waals surface area contributed by atoms with E-state index in [2.05, 4.69) is 0 Å². The Morgan fingerprint density at radius 3 is 2.40 bits per heavy atom. The van der Waals surface area contributed by atoms with Gasteiger partial charge < -0.3 is 5.11 Å². The standard InChI is InChI=1S/C23H25ClF3NO2/c1-13-4-5-16(15(3)19(13)12-28-10-18(11-28)22(29)30)9-20(23(25,26)27)17-6-7-21(24)14(2)8-17/h4-8,18,20H,9-12H2,1-3H3,(H,29,30)/t20-/m0/s1. The number of nitrogens with zero attached hydrogens (tertiary/aromatic N) is 1. The Morgan fingerprint density at radius 2 is 1.83 bits per heavy atom. The third-order valence-electron chi connectivity index (χ3n) is 6.04. The first-order valence-electron chi connectivity index (χ1n) is 9.83. The van der Waals surface area contributed by atoms with Gasteiger partial charge in [0, 0.05) is 24.7 Å². The number of carbonyl (C=O) groups is 1. The van der Waals surface area contributed by atoms with Gasteiger partial charge in [-0.1, -0.05) is 35.9 Å². The first-order valence-corrected chi connectivity index (χ1v) is 10.2. The summed E-state index contributed by atoms with van der Waals surface area (Å²) in [4.78, 5) is 13.0. The molecule has 0 radical (unpaired) electrons. The van der Waals surface area contributed by atoms with E-state index in [9.17, 15) is 18.0 Å². The molecule has 1 aliphatic rings. The van der Waals surface area contributed by atoms with E-state index < -0.39 is 18.1 Å². The van der Waals surface area contributed by atoms with Gasteiger partial charge in [0.25, 0.3) is 0 Å². The molecular weight excluding hydrogens is 415 g/mol. The van der Waals surface area contributed by atoms with Gasteiger partial charge in [0.1, 0.15) is 0 Å². The number of hydrogen-bond donors (Lipinski definition) is 1. The minimum absolute atomic E-state index is 0.151. The Bertz CT molecular complexity index is 952. The van der Waals surface area contributed by atoms with Crippen LogP contribution in [0.5, 0.6) is 0 Å². The van der Waals surface area contributed by atoms with Crippen molar-refractivity contribution in [3.05, 3.63) is 68.7 Å². The zero-order valence-corrected chi connectivity index (χ0v) is 17.9.